The number of rotatable bonds is 3. The summed E-state index contributed by atoms with van der Waals surface area (Å²) in [6, 6.07) is 9.58. The molecule has 0 spiro atoms. The smallest absolute Gasteiger partial charge is 0.308 e. The molecule has 1 aliphatic heterocycles. The molecule has 4 rings (SSSR count). The van der Waals surface area contributed by atoms with Crippen LogP contribution in [-0.2, 0) is 4.79 Å². The number of pyridine rings is 1. The summed E-state index contributed by atoms with van der Waals surface area (Å²) in [5, 5.41) is 13.7. The molecule has 3 heterocycles. The van der Waals surface area contributed by atoms with Crippen LogP contribution in [-0.4, -0.2) is 45.1 Å². The molecule has 8 heteroatoms. The molecule has 1 N–H and O–H groups in total. The number of hydrogen-bond donors (Lipinski definition) is 1. The molecule has 1 amide bonds. The molecular formula is C20H20ClN3O4. The third kappa shape index (κ3) is 3.45. The number of halogens is 1. The zero-order valence-corrected chi connectivity index (χ0v) is 16.3. The quantitative estimate of drug-likeness (QED) is 0.721. The highest BCUT2D eigenvalue weighted by atomic mass is 35.5. The second-order valence-corrected chi connectivity index (χ2v) is 6.94. The van der Waals surface area contributed by atoms with Gasteiger partial charge in [-0.15, -0.1) is 12.4 Å². The summed E-state index contributed by atoms with van der Waals surface area (Å²) in [4.78, 5) is 30.5. The third-order valence-electron chi connectivity index (χ3n) is 5.02. The molecule has 2 aromatic heterocycles. The lowest BCUT2D eigenvalue weighted by molar-refractivity contribution is -0.141. The van der Waals surface area contributed by atoms with Crippen LogP contribution < -0.4 is 0 Å². The van der Waals surface area contributed by atoms with Gasteiger partial charge in [-0.05, 0) is 26.3 Å². The van der Waals surface area contributed by atoms with Crippen LogP contribution in [0, 0.1) is 19.8 Å². The van der Waals surface area contributed by atoms with Gasteiger partial charge in [-0.3, -0.25) is 9.59 Å². The second-order valence-electron chi connectivity index (χ2n) is 6.94. The molecule has 146 valence electrons. The number of benzene rings is 1. The van der Waals surface area contributed by atoms with Crippen molar-refractivity contribution in [2.75, 3.05) is 13.1 Å². The van der Waals surface area contributed by atoms with Gasteiger partial charge in [-0.1, -0.05) is 35.0 Å². The van der Waals surface area contributed by atoms with Gasteiger partial charge in [0, 0.05) is 18.7 Å². The first kappa shape index (κ1) is 19.8. The van der Waals surface area contributed by atoms with Crippen molar-refractivity contribution in [2.24, 2.45) is 5.92 Å². The molecule has 0 aliphatic carbocycles. The Balaban J connectivity index is 0.00000225. The number of carboxylic acids is 1. The molecule has 1 saturated heterocycles. The zero-order valence-electron chi connectivity index (χ0n) is 15.5. The van der Waals surface area contributed by atoms with Crippen LogP contribution in [0.4, 0.5) is 0 Å². The Hall–Kier alpha value is -2.93. The molecular weight excluding hydrogens is 382 g/mol. The molecule has 0 radical (unpaired) electrons. The Labute approximate surface area is 167 Å². The van der Waals surface area contributed by atoms with Crippen LogP contribution in [0.1, 0.15) is 28.0 Å². The SMILES string of the molecule is Cc1ccc(-c2cc(C(=O)N3CCC(C(=O)O)C3)c3c(C)noc3n2)cc1.Cl. The van der Waals surface area contributed by atoms with E-state index < -0.39 is 11.9 Å². The summed E-state index contributed by atoms with van der Waals surface area (Å²) < 4.78 is 5.32. The molecule has 28 heavy (non-hydrogen) atoms. The average molecular weight is 402 g/mol. The predicted octanol–water partition coefficient (Wildman–Crippen LogP) is 3.48. The molecule has 1 fully saturated rings. The van der Waals surface area contributed by atoms with Crippen molar-refractivity contribution in [2.45, 2.75) is 20.3 Å². The van der Waals surface area contributed by atoms with E-state index in [0.717, 1.165) is 11.1 Å². The van der Waals surface area contributed by atoms with E-state index in [9.17, 15) is 14.7 Å². The summed E-state index contributed by atoms with van der Waals surface area (Å²) in [6.45, 7) is 4.40. The predicted molar refractivity (Wildman–Crippen MR) is 106 cm³/mol. The van der Waals surface area contributed by atoms with E-state index in [4.69, 9.17) is 4.52 Å². The van der Waals surface area contributed by atoms with Crippen molar-refractivity contribution in [1.82, 2.24) is 15.0 Å². The number of aryl methyl sites for hydroxylation is 2. The number of likely N-dealkylation sites (tertiary alicyclic amines) is 1. The van der Waals surface area contributed by atoms with E-state index in [2.05, 4.69) is 10.1 Å². The van der Waals surface area contributed by atoms with Gasteiger partial charge < -0.3 is 14.5 Å². The lowest BCUT2D eigenvalue weighted by atomic mass is 10.0. The topological polar surface area (TPSA) is 96.5 Å². The Bertz CT molecular complexity index is 1050. The molecule has 0 bridgehead atoms. The lowest BCUT2D eigenvalue weighted by Gasteiger charge is -2.17. The molecule has 1 unspecified atom stereocenters. The van der Waals surface area contributed by atoms with Crippen molar-refractivity contribution < 1.29 is 19.2 Å². The molecule has 1 aliphatic rings. The fraction of sp³-hybridized carbons (Fsp3) is 0.300. The Morgan fingerprint density at radius 1 is 1.21 bits per heavy atom. The van der Waals surface area contributed by atoms with Crippen LogP contribution in [0.2, 0.25) is 0 Å². The zero-order chi connectivity index (χ0) is 19.1. The highest BCUT2D eigenvalue weighted by Gasteiger charge is 2.33. The number of nitrogens with zero attached hydrogens (tertiary/aromatic N) is 3. The number of carbonyl (C=O) groups is 2. The van der Waals surface area contributed by atoms with Crippen LogP contribution >= 0.6 is 12.4 Å². The normalized spacial score (nSPS) is 16.2. The highest BCUT2D eigenvalue weighted by Crippen LogP contribution is 2.29. The molecule has 3 aromatic rings. The van der Waals surface area contributed by atoms with Crippen molar-refractivity contribution in [3.8, 4) is 11.3 Å². The number of carbonyl (C=O) groups excluding carboxylic acids is 1. The monoisotopic (exact) mass is 401 g/mol. The summed E-state index contributed by atoms with van der Waals surface area (Å²) in [7, 11) is 0. The van der Waals surface area contributed by atoms with Gasteiger partial charge in [0.25, 0.3) is 11.6 Å². The summed E-state index contributed by atoms with van der Waals surface area (Å²) >= 11 is 0. The van der Waals surface area contributed by atoms with E-state index in [1.54, 1.807) is 17.9 Å². The third-order valence-corrected chi connectivity index (χ3v) is 5.02. The van der Waals surface area contributed by atoms with E-state index in [-0.39, 0.29) is 24.9 Å². The van der Waals surface area contributed by atoms with E-state index in [0.29, 0.717) is 41.0 Å². The minimum absolute atomic E-state index is 0. The summed E-state index contributed by atoms with van der Waals surface area (Å²) in [5.74, 6) is -1.61. The van der Waals surface area contributed by atoms with E-state index in [1.165, 1.54) is 0 Å². The van der Waals surface area contributed by atoms with Gasteiger partial charge in [-0.2, -0.15) is 0 Å². The number of amides is 1. The lowest BCUT2D eigenvalue weighted by Crippen LogP contribution is -2.30. The first-order chi connectivity index (χ1) is 12.9. The number of fused-ring (bicyclic) bond motifs is 1. The first-order valence-electron chi connectivity index (χ1n) is 8.80. The van der Waals surface area contributed by atoms with Crippen LogP contribution in [0.25, 0.3) is 22.4 Å². The van der Waals surface area contributed by atoms with Gasteiger partial charge in [0.05, 0.1) is 28.3 Å². The maximum atomic E-state index is 13.2. The Kier molecular flexibility index (Phi) is 5.38. The van der Waals surface area contributed by atoms with Crippen molar-refractivity contribution in [3.63, 3.8) is 0 Å². The largest absolute Gasteiger partial charge is 0.481 e. The van der Waals surface area contributed by atoms with Gasteiger partial charge in [0.1, 0.15) is 0 Å². The van der Waals surface area contributed by atoms with Crippen LogP contribution in [0.15, 0.2) is 34.9 Å². The second kappa shape index (κ2) is 7.59. The summed E-state index contributed by atoms with van der Waals surface area (Å²) in [5.41, 5.74) is 3.96. The average Bonchev–Trinajstić information content (AvgIpc) is 3.29. The minimum atomic E-state index is -0.869. The van der Waals surface area contributed by atoms with Gasteiger partial charge in [-0.25, -0.2) is 4.98 Å². The maximum absolute atomic E-state index is 13.2. The fourth-order valence-corrected chi connectivity index (χ4v) is 3.45. The van der Waals surface area contributed by atoms with Gasteiger partial charge >= 0.3 is 5.97 Å². The van der Waals surface area contributed by atoms with Crippen LogP contribution in [0.5, 0.6) is 0 Å². The Morgan fingerprint density at radius 2 is 1.93 bits per heavy atom. The van der Waals surface area contributed by atoms with Crippen molar-refractivity contribution in [1.29, 1.82) is 0 Å². The molecule has 7 nitrogen and oxygen atoms in total. The minimum Gasteiger partial charge on any atom is -0.481 e. The van der Waals surface area contributed by atoms with E-state index >= 15 is 0 Å². The standard InChI is InChI=1S/C20H19N3O4.ClH/c1-11-3-5-13(6-4-11)16-9-15(17-12(2)22-27-18(17)21-16)19(24)23-8-7-14(10-23)20(25)26;/h3-6,9,14H,7-8,10H2,1-2H3,(H,25,26);1H. The van der Waals surface area contributed by atoms with Gasteiger partial charge in [0.15, 0.2) is 0 Å². The Morgan fingerprint density at radius 3 is 2.57 bits per heavy atom. The van der Waals surface area contributed by atoms with Crippen molar-refractivity contribution in [3.05, 3.63) is 47.2 Å². The number of aromatic nitrogens is 2. The number of carboxylic acid groups (broad SMARTS) is 1. The van der Waals surface area contributed by atoms with Crippen molar-refractivity contribution >= 4 is 35.4 Å². The number of hydrogen-bond acceptors (Lipinski definition) is 5. The van der Waals surface area contributed by atoms with Gasteiger partial charge in [0.2, 0.25) is 0 Å². The highest BCUT2D eigenvalue weighted by molar-refractivity contribution is 6.07. The maximum Gasteiger partial charge on any atom is 0.308 e. The number of aliphatic carboxylic acids is 1. The summed E-state index contributed by atoms with van der Waals surface area (Å²) in [6.07, 6.45) is 0.461. The molecule has 1 atom stereocenters. The molecule has 0 saturated carbocycles. The van der Waals surface area contributed by atoms with E-state index in [1.807, 2.05) is 31.2 Å². The van der Waals surface area contributed by atoms with Crippen LogP contribution in [0.3, 0.4) is 0 Å². The first-order valence-corrected chi connectivity index (χ1v) is 8.80. The fourth-order valence-electron chi connectivity index (χ4n) is 3.45. The molecule has 1 aromatic carbocycles.